The van der Waals surface area contributed by atoms with Crippen LogP contribution in [-0.2, 0) is 13.1 Å². The van der Waals surface area contributed by atoms with Crippen molar-refractivity contribution in [3.05, 3.63) is 29.6 Å². The second-order valence-electron chi connectivity index (χ2n) is 13.6. The quantitative estimate of drug-likeness (QED) is 0.112. The molecule has 7 rings (SSSR count). The molecule has 4 aromatic heterocycles. The average molecular weight is 798 g/mol. The number of pyridine rings is 2. The molecular formula is C38H62BN18O. The molecule has 0 aliphatic carbocycles. The molecular weight excluding hydrogens is 735 g/mol. The van der Waals surface area contributed by atoms with Crippen molar-refractivity contribution in [2.75, 3.05) is 83.6 Å². The van der Waals surface area contributed by atoms with Gasteiger partial charge in [-0.15, -0.1) is 0 Å². The minimum absolute atomic E-state index is 0. The largest absolute Gasteiger partial charge is 0.481 e. The molecule has 313 valence electrons. The molecule has 58 heavy (non-hydrogen) atoms. The van der Waals surface area contributed by atoms with Crippen LogP contribution in [0.1, 0.15) is 72.2 Å². The lowest BCUT2D eigenvalue weighted by molar-refractivity contribution is 0.398. The smallest absolute Gasteiger partial charge is 0.215 e. The van der Waals surface area contributed by atoms with E-state index in [0.717, 1.165) is 74.3 Å². The SMILES string of the molecule is C.CCN1N=C(C)C(=Nc2cc(N)c(N3CCCC3)nc2Nc2c(C)nn(CC)c2N)C1=N.CCn1nc(C)c(N)c1N.COc1ccc(N)c(N2CCCC2)n1.[B]. The van der Waals surface area contributed by atoms with Crippen molar-refractivity contribution in [2.24, 2.45) is 10.1 Å². The minimum Gasteiger partial charge on any atom is -0.481 e. The Labute approximate surface area is 344 Å². The number of rotatable bonds is 9. The molecule has 0 bridgehead atoms. The van der Waals surface area contributed by atoms with Gasteiger partial charge in [0.05, 0.1) is 41.3 Å². The molecule has 0 atom stereocenters. The van der Waals surface area contributed by atoms with Gasteiger partial charge in [-0.25, -0.2) is 24.3 Å². The lowest BCUT2D eigenvalue weighted by Crippen LogP contribution is -2.26. The zero-order valence-electron chi connectivity index (χ0n) is 34.3. The molecule has 0 saturated carbocycles. The van der Waals surface area contributed by atoms with Gasteiger partial charge in [-0.05, 0) is 79.4 Å². The number of aryl methyl sites for hydroxylation is 4. The van der Waals surface area contributed by atoms with Crippen LogP contribution >= 0.6 is 0 Å². The first-order valence-electron chi connectivity index (χ1n) is 19.1. The third-order valence-corrected chi connectivity index (χ3v) is 9.76. The zero-order valence-corrected chi connectivity index (χ0v) is 34.3. The summed E-state index contributed by atoms with van der Waals surface area (Å²) >= 11 is 0. The molecule has 19 nitrogen and oxygen atoms in total. The zero-order chi connectivity index (χ0) is 40.7. The summed E-state index contributed by atoms with van der Waals surface area (Å²) in [4.78, 5) is 18.4. The van der Waals surface area contributed by atoms with Crippen LogP contribution in [0.4, 0.5) is 57.5 Å². The van der Waals surface area contributed by atoms with E-state index in [0.29, 0.717) is 70.6 Å². The number of amidine groups is 1. The molecule has 3 aliphatic heterocycles. The van der Waals surface area contributed by atoms with Gasteiger partial charge in [0.1, 0.15) is 28.7 Å². The number of nitrogen functional groups attached to an aromatic ring is 5. The van der Waals surface area contributed by atoms with Crippen molar-refractivity contribution in [2.45, 2.75) is 87.7 Å². The summed E-state index contributed by atoms with van der Waals surface area (Å²) < 4.78 is 8.50. The Hall–Kier alpha value is -6.21. The van der Waals surface area contributed by atoms with Crippen LogP contribution in [-0.4, -0.2) is 100 Å². The summed E-state index contributed by atoms with van der Waals surface area (Å²) in [5, 5.41) is 26.4. The standard InChI is InChI=1S/C21H31N11.C10H15N3O.C6H12N4.CH4.B/c1-5-31-18(23)16(12(3)28-31)25-15-11-14(22)21(30-9-7-8-10-30)27-20(15)26-17-13(4)29-32(6-2)19(17)24;1-14-9-5-4-8(11)10(12-9)13-6-2-3-7-13;1-3-10-6(8)5(7)4(2)9-10;;/h11,23H,5-10,22,24H2,1-4H3,(H,26,27);4-5H,2-3,6-7,11H2,1H3;3,7-8H2,1-2H3;1H4;. The van der Waals surface area contributed by atoms with E-state index in [1.165, 1.54) is 12.8 Å². The fourth-order valence-electron chi connectivity index (χ4n) is 6.63. The highest BCUT2D eigenvalue weighted by molar-refractivity contribution is 6.69. The highest BCUT2D eigenvalue weighted by atomic mass is 16.5. The predicted molar refractivity (Wildman–Crippen MR) is 241 cm³/mol. The first-order valence-corrected chi connectivity index (χ1v) is 19.1. The maximum atomic E-state index is 8.43. The van der Waals surface area contributed by atoms with Gasteiger partial charge in [0, 0.05) is 60.3 Å². The van der Waals surface area contributed by atoms with Gasteiger partial charge in [-0.1, -0.05) is 7.43 Å². The Morgan fingerprint density at radius 2 is 1.33 bits per heavy atom. The molecule has 4 aromatic rings. The van der Waals surface area contributed by atoms with Crippen molar-refractivity contribution in [1.82, 2.24) is 34.5 Å². The number of nitrogens with zero attached hydrogens (tertiary/aromatic N) is 11. The summed E-state index contributed by atoms with van der Waals surface area (Å²) in [7, 11) is 1.62. The number of hydrazone groups is 1. The Morgan fingerprint density at radius 1 is 0.776 bits per heavy atom. The summed E-state index contributed by atoms with van der Waals surface area (Å²) in [6, 6.07) is 5.44. The second-order valence-corrected chi connectivity index (χ2v) is 13.6. The molecule has 0 amide bonds. The first-order chi connectivity index (χ1) is 26.8. The van der Waals surface area contributed by atoms with Crippen LogP contribution in [0.2, 0.25) is 0 Å². The number of nitrogens with one attached hydrogen (secondary N) is 2. The molecule has 7 heterocycles. The molecule has 0 aromatic carbocycles. The molecule has 0 unspecified atom stereocenters. The van der Waals surface area contributed by atoms with E-state index in [2.05, 4.69) is 35.4 Å². The van der Waals surface area contributed by atoms with Gasteiger partial charge in [-0.2, -0.15) is 20.3 Å². The van der Waals surface area contributed by atoms with E-state index in [9.17, 15) is 0 Å². The highest BCUT2D eigenvalue weighted by Gasteiger charge is 2.27. The number of hydrogen-bond acceptors (Lipinski definition) is 16. The fourth-order valence-corrected chi connectivity index (χ4v) is 6.63. The second kappa shape index (κ2) is 20.3. The van der Waals surface area contributed by atoms with Crippen molar-refractivity contribution in [3.8, 4) is 5.88 Å². The van der Waals surface area contributed by atoms with Gasteiger partial charge in [0.2, 0.25) is 5.88 Å². The summed E-state index contributed by atoms with van der Waals surface area (Å²) in [5.41, 5.74) is 35.6. The molecule has 2 saturated heterocycles. The fraction of sp³-hybridized carbons (Fsp3) is 0.500. The number of hydrogen-bond donors (Lipinski definition) is 7. The average Bonchev–Trinajstić information content (AvgIpc) is 4.05. The summed E-state index contributed by atoms with van der Waals surface area (Å²) in [6.45, 7) is 17.5. The minimum atomic E-state index is 0. The molecule has 3 aliphatic rings. The number of aliphatic imine (C=N–C) groups is 1. The summed E-state index contributed by atoms with van der Waals surface area (Å²) in [6.07, 6.45) is 4.67. The molecule has 2 fully saturated rings. The van der Waals surface area contributed by atoms with Crippen LogP contribution in [0.25, 0.3) is 0 Å². The first kappa shape index (κ1) is 46.2. The summed E-state index contributed by atoms with van der Waals surface area (Å²) in [5.74, 6) is 4.11. The van der Waals surface area contributed by atoms with Gasteiger partial charge in [-0.3, -0.25) is 5.41 Å². The van der Waals surface area contributed by atoms with Crippen LogP contribution in [0.15, 0.2) is 28.3 Å². The third-order valence-electron chi connectivity index (χ3n) is 9.76. The Kier molecular flexibility index (Phi) is 16.2. The van der Waals surface area contributed by atoms with E-state index >= 15 is 0 Å². The molecule has 20 heteroatoms. The number of ether oxygens (including phenoxy) is 1. The predicted octanol–water partition coefficient (Wildman–Crippen LogP) is 4.78. The number of anilines is 9. The molecule has 12 N–H and O–H groups in total. The van der Waals surface area contributed by atoms with Gasteiger partial charge in [0.25, 0.3) is 0 Å². The van der Waals surface area contributed by atoms with E-state index in [4.69, 9.17) is 48.8 Å². The van der Waals surface area contributed by atoms with E-state index < -0.39 is 0 Å². The van der Waals surface area contributed by atoms with Crippen LogP contribution < -0.4 is 48.5 Å². The van der Waals surface area contributed by atoms with Crippen molar-refractivity contribution in [1.29, 1.82) is 5.41 Å². The van der Waals surface area contributed by atoms with Crippen LogP contribution in [0, 0.1) is 19.3 Å². The van der Waals surface area contributed by atoms with E-state index in [1.54, 1.807) is 33.6 Å². The van der Waals surface area contributed by atoms with Gasteiger partial charge in [0.15, 0.2) is 23.3 Å². The maximum absolute atomic E-state index is 8.43. The van der Waals surface area contributed by atoms with Gasteiger partial charge >= 0.3 is 0 Å². The molecule has 3 radical (unpaired) electrons. The Morgan fingerprint density at radius 3 is 1.79 bits per heavy atom. The van der Waals surface area contributed by atoms with Crippen molar-refractivity contribution >= 4 is 83.2 Å². The number of nitrogens with two attached hydrogens (primary N) is 5. The van der Waals surface area contributed by atoms with Crippen LogP contribution in [0.3, 0.4) is 0 Å². The highest BCUT2D eigenvalue weighted by Crippen LogP contribution is 2.37. The van der Waals surface area contributed by atoms with Crippen molar-refractivity contribution < 1.29 is 4.74 Å². The van der Waals surface area contributed by atoms with Crippen LogP contribution in [0.5, 0.6) is 5.88 Å². The number of aromatic nitrogens is 6. The third kappa shape index (κ3) is 10.0. The lowest BCUT2D eigenvalue weighted by atomic mass is 10.2. The maximum Gasteiger partial charge on any atom is 0.215 e. The van der Waals surface area contributed by atoms with Gasteiger partial charge < -0.3 is 48.5 Å². The Balaban J connectivity index is 0.000000284. The van der Waals surface area contributed by atoms with Crippen molar-refractivity contribution in [3.63, 3.8) is 0 Å². The van der Waals surface area contributed by atoms with E-state index in [-0.39, 0.29) is 21.7 Å². The van der Waals surface area contributed by atoms with E-state index in [1.807, 2.05) is 47.6 Å². The lowest BCUT2D eigenvalue weighted by Gasteiger charge is -2.21. The Bertz CT molecular complexity index is 2080. The number of methoxy groups -OCH3 is 1. The topological polar surface area (TPSA) is 271 Å². The molecule has 0 spiro atoms. The monoisotopic (exact) mass is 798 g/mol. The normalized spacial score (nSPS) is 15.3.